The van der Waals surface area contributed by atoms with Crippen molar-refractivity contribution in [2.24, 2.45) is 0 Å². The topological polar surface area (TPSA) is 104 Å². The second-order valence-corrected chi connectivity index (χ2v) is 7.61. The number of aromatic nitrogens is 5. The number of anilines is 1. The molecule has 2 heterocycles. The predicted octanol–water partition coefficient (Wildman–Crippen LogP) is 2.41. The average Bonchev–Trinajstić information content (AvgIpc) is 3.19. The van der Waals surface area contributed by atoms with Crippen LogP contribution in [0.1, 0.15) is 5.56 Å². The molecule has 2 aromatic heterocycles. The Morgan fingerprint density at radius 1 is 1.19 bits per heavy atom. The number of thioether (sulfide) groups is 1. The third-order valence-corrected chi connectivity index (χ3v) is 5.35. The second-order valence-electron chi connectivity index (χ2n) is 6.73. The van der Waals surface area contributed by atoms with Gasteiger partial charge in [-0.15, -0.1) is 16.9 Å². The van der Waals surface area contributed by atoms with Gasteiger partial charge in [-0.1, -0.05) is 23.4 Å². The maximum absolute atomic E-state index is 12.8. The molecular formula is C21H20N6O3S. The number of methoxy groups -OCH3 is 1. The van der Waals surface area contributed by atoms with Crippen LogP contribution < -0.4 is 15.6 Å². The molecule has 0 saturated heterocycles. The van der Waals surface area contributed by atoms with E-state index in [1.165, 1.54) is 10.9 Å². The number of amides is 1. The number of benzene rings is 2. The van der Waals surface area contributed by atoms with Crippen molar-refractivity contribution in [3.63, 3.8) is 0 Å². The highest BCUT2D eigenvalue weighted by molar-refractivity contribution is 7.98. The molecule has 2 aromatic carbocycles. The van der Waals surface area contributed by atoms with E-state index >= 15 is 0 Å². The van der Waals surface area contributed by atoms with Crippen LogP contribution >= 0.6 is 11.8 Å². The summed E-state index contributed by atoms with van der Waals surface area (Å²) in [5.41, 5.74) is 1.65. The van der Waals surface area contributed by atoms with Crippen LogP contribution in [0.4, 0.5) is 5.69 Å². The first-order chi connectivity index (χ1) is 15.1. The Labute approximate surface area is 182 Å². The molecule has 0 atom stereocenters. The van der Waals surface area contributed by atoms with Gasteiger partial charge in [-0.05, 0) is 42.2 Å². The molecule has 31 heavy (non-hydrogen) atoms. The van der Waals surface area contributed by atoms with E-state index in [0.717, 1.165) is 16.2 Å². The van der Waals surface area contributed by atoms with Gasteiger partial charge in [-0.2, -0.15) is 0 Å². The van der Waals surface area contributed by atoms with E-state index in [-0.39, 0.29) is 18.0 Å². The largest absolute Gasteiger partial charge is 0.497 e. The first-order valence-corrected chi connectivity index (χ1v) is 10.7. The van der Waals surface area contributed by atoms with Crippen LogP contribution in [0.15, 0.2) is 64.5 Å². The number of rotatable bonds is 7. The molecule has 9 nitrogen and oxygen atoms in total. The van der Waals surface area contributed by atoms with Crippen molar-refractivity contribution in [3.05, 3.63) is 70.8 Å². The lowest BCUT2D eigenvalue weighted by Gasteiger charge is -2.08. The monoisotopic (exact) mass is 436 g/mol. The Kier molecular flexibility index (Phi) is 5.99. The highest BCUT2D eigenvalue weighted by Crippen LogP contribution is 2.19. The maximum Gasteiger partial charge on any atom is 0.283 e. The van der Waals surface area contributed by atoms with E-state index in [4.69, 9.17) is 4.74 Å². The van der Waals surface area contributed by atoms with Crippen molar-refractivity contribution < 1.29 is 9.53 Å². The van der Waals surface area contributed by atoms with Crippen molar-refractivity contribution in [1.82, 2.24) is 24.5 Å². The van der Waals surface area contributed by atoms with Crippen LogP contribution in [0.25, 0.3) is 11.2 Å². The molecule has 1 amide bonds. The lowest BCUT2D eigenvalue weighted by atomic mass is 10.2. The van der Waals surface area contributed by atoms with Gasteiger partial charge in [0.25, 0.3) is 5.56 Å². The quantitative estimate of drug-likeness (QED) is 0.444. The van der Waals surface area contributed by atoms with Gasteiger partial charge < -0.3 is 10.1 Å². The number of hydrogen-bond donors (Lipinski definition) is 1. The molecule has 0 saturated carbocycles. The molecule has 0 unspecified atom stereocenters. The van der Waals surface area contributed by atoms with Crippen LogP contribution in [0.5, 0.6) is 5.75 Å². The van der Waals surface area contributed by atoms with Crippen LogP contribution in [0.2, 0.25) is 0 Å². The molecule has 0 aliphatic rings. The van der Waals surface area contributed by atoms with E-state index in [0.29, 0.717) is 17.9 Å². The summed E-state index contributed by atoms with van der Waals surface area (Å²) in [5.74, 6) is 0.400. The minimum absolute atomic E-state index is 0.113. The fourth-order valence-electron chi connectivity index (χ4n) is 3.11. The standard InChI is InChI=1S/C21H20N6O3S/c1-30-16-7-3-5-14(9-16)11-27-20-19(24-25-27)21(29)26(13-22-20)12-18(28)23-15-6-4-8-17(10-15)31-2/h3-10,13H,11-12H2,1-2H3,(H,23,28). The van der Waals surface area contributed by atoms with Crippen LogP contribution in [-0.2, 0) is 17.9 Å². The smallest absolute Gasteiger partial charge is 0.283 e. The van der Waals surface area contributed by atoms with Gasteiger partial charge in [-0.25, -0.2) is 9.67 Å². The first kappa shape index (κ1) is 20.6. The Hall–Kier alpha value is -3.66. The molecule has 0 radical (unpaired) electrons. The molecule has 158 valence electrons. The number of nitrogens with zero attached hydrogens (tertiary/aromatic N) is 5. The zero-order valence-corrected chi connectivity index (χ0v) is 17.8. The Balaban J connectivity index is 1.53. The Morgan fingerprint density at radius 3 is 2.84 bits per heavy atom. The number of ether oxygens (including phenoxy) is 1. The zero-order valence-electron chi connectivity index (χ0n) is 17.0. The van der Waals surface area contributed by atoms with E-state index in [9.17, 15) is 9.59 Å². The summed E-state index contributed by atoms with van der Waals surface area (Å²) < 4.78 is 8.00. The van der Waals surface area contributed by atoms with E-state index in [1.807, 2.05) is 48.7 Å². The lowest BCUT2D eigenvalue weighted by Crippen LogP contribution is -2.28. The lowest BCUT2D eigenvalue weighted by molar-refractivity contribution is -0.116. The summed E-state index contributed by atoms with van der Waals surface area (Å²) >= 11 is 1.58. The highest BCUT2D eigenvalue weighted by atomic mass is 32.2. The molecule has 1 N–H and O–H groups in total. The van der Waals surface area contributed by atoms with Crippen molar-refractivity contribution in [2.45, 2.75) is 18.0 Å². The van der Waals surface area contributed by atoms with Gasteiger partial charge >= 0.3 is 0 Å². The predicted molar refractivity (Wildman–Crippen MR) is 119 cm³/mol. The summed E-state index contributed by atoms with van der Waals surface area (Å²) in [6, 6.07) is 15.0. The van der Waals surface area contributed by atoms with E-state index in [1.54, 1.807) is 29.6 Å². The van der Waals surface area contributed by atoms with Crippen molar-refractivity contribution in [3.8, 4) is 5.75 Å². The van der Waals surface area contributed by atoms with Crippen molar-refractivity contribution >= 4 is 34.5 Å². The molecule has 0 fully saturated rings. The van der Waals surface area contributed by atoms with Crippen molar-refractivity contribution in [2.75, 3.05) is 18.7 Å². The van der Waals surface area contributed by atoms with E-state index in [2.05, 4.69) is 20.6 Å². The first-order valence-electron chi connectivity index (χ1n) is 9.43. The van der Waals surface area contributed by atoms with E-state index < -0.39 is 5.56 Å². The molecule has 0 aliphatic heterocycles. The molecule has 0 spiro atoms. The SMILES string of the molecule is COc1cccc(Cn2nnc3c(=O)n(CC(=O)Nc4cccc(SC)c4)cnc32)c1. The second kappa shape index (κ2) is 9.00. The molecular weight excluding hydrogens is 416 g/mol. The molecule has 4 rings (SSSR count). The van der Waals surface area contributed by atoms with Gasteiger partial charge in [0.05, 0.1) is 13.7 Å². The summed E-state index contributed by atoms with van der Waals surface area (Å²) in [6.45, 7) is 0.213. The van der Waals surface area contributed by atoms with Crippen LogP contribution in [-0.4, -0.2) is 43.8 Å². The fraction of sp³-hybridized carbons (Fsp3) is 0.190. The van der Waals surface area contributed by atoms with Gasteiger partial charge in [0.1, 0.15) is 18.6 Å². The number of carbonyl (C=O) groups is 1. The normalized spacial score (nSPS) is 10.9. The highest BCUT2D eigenvalue weighted by Gasteiger charge is 2.14. The molecule has 10 heteroatoms. The summed E-state index contributed by atoms with van der Waals surface area (Å²) in [4.78, 5) is 30.6. The summed E-state index contributed by atoms with van der Waals surface area (Å²) in [7, 11) is 1.60. The van der Waals surface area contributed by atoms with Crippen LogP contribution in [0.3, 0.4) is 0 Å². The third kappa shape index (κ3) is 4.58. The van der Waals surface area contributed by atoms with Gasteiger partial charge in [0.2, 0.25) is 5.91 Å². The maximum atomic E-state index is 12.8. The molecule has 0 bridgehead atoms. The van der Waals surface area contributed by atoms with Crippen molar-refractivity contribution in [1.29, 1.82) is 0 Å². The fourth-order valence-corrected chi connectivity index (χ4v) is 3.57. The average molecular weight is 436 g/mol. The third-order valence-electron chi connectivity index (χ3n) is 4.63. The number of fused-ring (bicyclic) bond motifs is 1. The minimum Gasteiger partial charge on any atom is -0.497 e. The zero-order chi connectivity index (χ0) is 21.8. The van der Waals surface area contributed by atoms with Gasteiger partial charge in [0, 0.05) is 10.6 Å². The summed E-state index contributed by atoms with van der Waals surface area (Å²) in [5, 5.41) is 10.8. The Morgan fingerprint density at radius 2 is 2.03 bits per heavy atom. The minimum atomic E-state index is -0.421. The number of hydrogen-bond acceptors (Lipinski definition) is 7. The Bertz CT molecular complexity index is 1300. The number of nitrogens with one attached hydrogen (secondary N) is 1. The summed E-state index contributed by atoms with van der Waals surface area (Å²) in [6.07, 6.45) is 3.30. The molecule has 4 aromatic rings. The van der Waals surface area contributed by atoms with Crippen LogP contribution in [0, 0.1) is 0 Å². The molecule has 0 aliphatic carbocycles. The van der Waals surface area contributed by atoms with Gasteiger partial charge in [0.15, 0.2) is 11.2 Å². The number of carbonyl (C=O) groups excluding carboxylic acids is 1. The van der Waals surface area contributed by atoms with Gasteiger partial charge in [-0.3, -0.25) is 14.2 Å².